The fourth-order valence-corrected chi connectivity index (χ4v) is 5.94. The molecule has 0 aliphatic heterocycles. The van der Waals surface area contributed by atoms with Crippen LogP contribution in [0.3, 0.4) is 0 Å². The number of carbonyl (C=O) groups excluding carboxylic acids is 1. The summed E-state index contributed by atoms with van der Waals surface area (Å²) in [4.78, 5) is 17.7. The van der Waals surface area contributed by atoms with Crippen LogP contribution in [0.15, 0.2) is 59.9 Å². The molecule has 0 spiro atoms. The highest BCUT2D eigenvalue weighted by Crippen LogP contribution is 2.42. The van der Waals surface area contributed by atoms with Crippen LogP contribution < -0.4 is 14.8 Å². The van der Waals surface area contributed by atoms with Crippen molar-refractivity contribution in [2.75, 3.05) is 20.7 Å². The fourth-order valence-electron chi connectivity index (χ4n) is 4.62. The van der Waals surface area contributed by atoms with Crippen molar-refractivity contribution < 1.29 is 22.7 Å². The lowest BCUT2D eigenvalue weighted by Crippen LogP contribution is -2.54. The maximum atomic E-state index is 12.8. The van der Waals surface area contributed by atoms with Crippen LogP contribution in [-0.2, 0) is 25.0 Å². The van der Waals surface area contributed by atoms with Gasteiger partial charge in [-0.25, -0.2) is 13.4 Å². The number of pyridine rings is 1. The monoisotopic (exact) mass is 516 g/mol. The predicted molar refractivity (Wildman–Crippen MR) is 135 cm³/mol. The maximum Gasteiger partial charge on any atom is 0.321 e. The number of nitrogens with zero attached hydrogens (tertiary/aromatic N) is 2. The van der Waals surface area contributed by atoms with Crippen LogP contribution in [0, 0.1) is 0 Å². The minimum Gasteiger partial charge on any atom is -0.497 e. The average molecular weight is 517 g/mol. The van der Waals surface area contributed by atoms with E-state index in [1.165, 1.54) is 19.2 Å². The molecule has 0 bridgehead atoms. The molecule has 35 heavy (non-hydrogen) atoms. The molecule has 1 fully saturated rings. The SMILES string of the molecule is CNC(=S)C1(c2ccc3nccn3c2)CCCCC1OC(=O)CNS(=O)(=O)c1ccc(OC)cc1. The molecule has 3 aromatic rings. The Bertz CT molecular complexity index is 1320. The van der Waals surface area contributed by atoms with Gasteiger partial charge >= 0.3 is 5.97 Å². The summed E-state index contributed by atoms with van der Waals surface area (Å²) in [5.74, 6) is -0.132. The first-order valence-corrected chi connectivity index (χ1v) is 13.2. The Kier molecular flexibility index (Phi) is 7.39. The van der Waals surface area contributed by atoms with Crippen molar-refractivity contribution in [1.82, 2.24) is 19.4 Å². The van der Waals surface area contributed by atoms with Crippen LogP contribution >= 0.6 is 12.2 Å². The summed E-state index contributed by atoms with van der Waals surface area (Å²) in [6, 6.07) is 9.78. The lowest BCUT2D eigenvalue weighted by molar-refractivity contribution is -0.151. The van der Waals surface area contributed by atoms with Crippen molar-refractivity contribution in [2.24, 2.45) is 0 Å². The summed E-state index contributed by atoms with van der Waals surface area (Å²) < 4.78 is 40.5. The van der Waals surface area contributed by atoms with Crippen molar-refractivity contribution in [3.8, 4) is 5.75 Å². The van der Waals surface area contributed by atoms with Crippen LogP contribution in [0.5, 0.6) is 5.75 Å². The largest absolute Gasteiger partial charge is 0.497 e. The van der Waals surface area contributed by atoms with E-state index in [-0.39, 0.29) is 4.90 Å². The molecular formula is C24H28N4O5S2. The molecule has 11 heteroatoms. The Balaban J connectivity index is 1.54. The summed E-state index contributed by atoms with van der Waals surface area (Å²) in [5, 5.41) is 3.10. The van der Waals surface area contributed by atoms with Gasteiger partial charge in [-0.3, -0.25) is 4.79 Å². The van der Waals surface area contributed by atoms with Gasteiger partial charge in [-0.1, -0.05) is 24.7 Å². The molecule has 2 N–H and O–H groups in total. The number of hydrogen-bond acceptors (Lipinski definition) is 7. The van der Waals surface area contributed by atoms with Gasteiger partial charge in [-0.05, 0) is 55.2 Å². The van der Waals surface area contributed by atoms with Crippen molar-refractivity contribution >= 4 is 38.8 Å². The third kappa shape index (κ3) is 5.02. The van der Waals surface area contributed by atoms with Crippen LogP contribution in [0.2, 0.25) is 0 Å². The van der Waals surface area contributed by atoms with Crippen molar-refractivity contribution in [1.29, 1.82) is 0 Å². The highest BCUT2D eigenvalue weighted by Gasteiger charge is 2.48. The van der Waals surface area contributed by atoms with Crippen LogP contribution in [-0.4, -0.2) is 55.6 Å². The Labute approximate surface area is 209 Å². The number of aromatic nitrogens is 2. The van der Waals surface area contributed by atoms with E-state index in [4.69, 9.17) is 21.7 Å². The Morgan fingerprint density at radius 2 is 2.00 bits per heavy atom. The van der Waals surface area contributed by atoms with E-state index >= 15 is 0 Å². The van der Waals surface area contributed by atoms with E-state index in [0.717, 1.165) is 24.1 Å². The zero-order chi connectivity index (χ0) is 25.1. The standard InChI is InChI=1S/C24H28N4O5S2/c1-25-23(34)24(17-6-11-21-26-13-14-28(21)16-17)12-4-3-5-20(24)33-22(29)15-27-35(30,31)19-9-7-18(32-2)8-10-19/h6-11,13-14,16,20,27H,3-5,12,15H2,1-2H3,(H,25,34). The predicted octanol–water partition coefficient (Wildman–Crippen LogP) is 2.59. The van der Waals surface area contributed by atoms with Crippen molar-refractivity contribution in [2.45, 2.75) is 42.1 Å². The summed E-state index contributed by atoms with van der Waals surface area (Å²) >= 11 is 5.76. The first-order valence-electron chi connectivity index (χ1n) is 11.3. The van der Waals surface area contributed by atoms with Crippen LogP contribution in [0.25, 0.3) is 5.65 Å². The molecule has 186 valence electrons. The van der Waals surface area contributed by atoms with Gasteiger partial charge < -0.3 is 19.2 Å². The van der Waals surface area contributed by atoms with Gasteiger partial charge in [-0.2, -0.15) is 4.72 Å². The van der Waals surface area contributed by atoms with E-state index in [2.05, 4.69) is 15.0 Å². The second-order valence-corrected chi connectivity index (χ2v) is 10.6. The number of esters is 1. The molecule has 2 atom stereocenters. The van der Waals surface area contributed by atoms with E-state index < -0.39 is 34.1 Å². The number of sulfonamides is 1. The number of likely N-dealkylation sites (N-methyl/N-ethyl adjacent to an activating group) is 1. The number of fused-ring (bicyclic) bond motifs is 1. The Morgan fingerprint density at radius 1 is 1.23 bits per heavy atom. The molecule has 0 saturated heterocycles. The van der Waals surface area contributed by atoms with Gasteiger partial charge in [0.15, 0.2) is 0 Å². The maximum absolute atomic E-state index is 12.8. The summed E-state index contributed by atoms with van der Waals surface area (Å²) in [6.07, 6.45) is 8.09. The number of benzene rings is 1. The molecule has 0 amide bonds. The molecular weight excluding hydrogens is 488 g/mol. The third-order valence-corrected chi connectivity index (χ3v) is 8.41. The van der Waals surface area contributed by atoms with Gasteiger partial charge in [0.1, 0.15) is 24.0 Å². The van der Waals surface area contributed by atoms with Gasteiger partial charge in [0.05, 0.1) is 22.4 Å². The highest BCUT2D eigenvalue weighted by molar-refractivity contribution is 7.89. The fraction of sp³-hybridized carbons (Fsp3) is 0.375. The van der Waals surface area contributed by atoms with Gasteiger partial charge in [0.2, 0.25) is 10.0 Å². The number of methoxy groups -OCH3 is 1. The lowest BCUT2D eigenvalue weighted by atomic mass is 9.67. The highest BCUT2D eigenvalue weighted by atomic mass is 32.2. The second-order valence-electron chi connectivity index (χ2n) is 8.39. The van der Waals surface area contributed by atoms with E-state index in [0.29, 0.717) is 23.6 Å². The van der Waals surface area contributed by atoms with Gasteiger partial charge in [0.25, 0.3) is 0 Å². The summed E-state index contributed by atoms with van der Waals surface area (Å²) in [5.41, 5.74) is 0.987. The smallest absolute Gasteiger partial charge is 0.321 e. The molecule has 1 aliphatic rings. The minimum atomic E-state index is -3.90. The van der Waals surface area contributed by atoms with E-state index in [1.54, 1.807) is 25.4 Å². The quantitative estimate of drug-likeness (QED) is 0.347. The Hall–Kier alpha value is -3.02. The lowest BCUT2D eigenvalue weighted by Gasteiger charge is -2.44. The number of thiocarbonyl (C=S) groups is 1. The van der Waals surface area contributed by atoms with Crippen molar-refractivity contribution in [3.63, 3.8) is 0 Å². The number of nitrogens with one attached hydrogen (secondary N) is 2. The molecule has 1 aliphatic carbocycles. The number of ether oxygens (including phenoxy) is 2. The first kappa shape index (κ1) is 25.1. The molecule has 4 rings (SSSR count). The average Bonchev–Trinajstić information content (AvgIpc) is 3.35. The van der Waals surface area contributed by atoms with Crippen LogP contribution in [0.4, 0.5) is 0 Å². The molecule has 9 nitrogen and oxygen atoms in total. The van der Waals surface area contributed by atoms with E-state index in [1.807, 2.05) is 28.9 Å². The zero-order valence-electron chi connectivity index (χ0n) is 19.6. The Morgan fingerprint density at radius 3 is 2.71 bits per heavy atom. The number of carbonyl (C=O) groups is 1. The molecule has 1 aromatic carbocycles. The molecule has 2 unspecified atom stereocenters. The number of imidazole rings is 1. The second kappa shape index (κ2) is 10.3. The normalized spacial score (nSPS) is 20.3. The molecule has 0 radical (unpaired) electrons. The van der Waals surface area contributed by atoms with Gasteiger partial charge in [-0.15, -0.1) is 0 Å². The minimum absolute atomic E-state index is 0.0307. The van der Waals surface area contributed by atoms with Gasteiger partial charge in [0, 0.05) is 25.6 Å². The molecule has 2 heterocycles. The topological polar surface area (TPSA) is 111 Å². The molecule has 2 aromatic heterocycles. The number of rotatable bonds is 8. The molecule has 1 saturated carbocycles. The number of hydrogen-bond donors (Lipinski definition) is 2. The summed E-state index contributed by atoms with van der Waals surface area (Å²) in [6.45, 7) is -0.492. The summed E-state index contributed by atoms with van der Waals surface area (Å²) in [7, 11) is -0.639. The zero-order valence-corrected chi connectivity index (χ0v) is 21.2. The first-order chi connectivity index (χ1) is 16.8. The van der Waals surface area contributed by atoms with E-state index in [9.17, 15) is 13.2 Å². The van der Waals surface area contributed by atoms with Crippen molar-refractivity contribution in [3.05, 3.63) is 60.6 Å². The van der Waals surface area contributed by atoms with Crippen LogP contribution in [0.1, 0.15) is 31.2 Å². The third-order valence-electron chi connectivity index (χ3n) is 6.42.